The van der Waals surface area contributed by atoms with Gasteiger partial charge >= 0.3 is 0 Å². The predicted octanol–water partition coefficient (Wildman–Crippen LogP) is 1.74. The zero-order valence-corrected chi connectivity index (χ0v) is 17.0. The fourth-order valence-corrected chi connectivity index (χ4v) is 3.31. The molecule has 2 unspecified atom stereocenters. The minimum absolute atomic E-state index is 0.602. The van der Waals surface area contributed by atoms with Crippen molar-refractivity contribution in [2.45, 2.75) is 26.7 Å². The summed E-state index contributed by atoms with van der Waals surface area (Å²) in [6, 6.07) is 0. The SMILES string of the molecule is CC(CCN1CCOCC1)COCCOCC(C)CCN1CCOCC1. The summed E-state index contributed by atoms with van der Waals surface area (Å²) in [5.41, 5.74) is 0. The highest BCUT2D eigenvalue weighted by Crippen LogP contribution is 2.08. The van der Waals surface area contributed by atoms with Crippen LogP contribution in [-0.2, 0) is 18.9 Å². The van der Waals surface area contributed by atoms with Gasteiger partial charge in [0.2, 0.25) is 0 Å². The van der Waals surface area contributed by atoms with Gasteiger partial charge in [-0.2, -0.15) is 0 Å². The number of nitrogens with zero attached hydrogens (tertiary/aromatic N) is 2. The molecule has 0 aromatic heterocycles. The Morgan fingerprint density at radius 3 is 1.46 bits per heavy atom. The lowest BCUT2D eigenvalue weighted by atomic mass is 10.1. The first-order valence-electron chi connectivity index (χ1n) is 10.5. The molecule has 0 radical (unpaired) electrons. The molecule has 0 spiro atoms. The Hall–Kier alpha value is -0.240. The highest BCUT2D eigenvalue weighted by molar-refractivity contribution is 4.65. The molecule has 0 aliphatic carbocycles. The molecule has 6 heteroatoms. The zero-order valence-electron chi connectivity index (χ0n) is 17.0. The summed E-state index contributed by atoms with van der Waals surface area (Å²) in [4.78, 5) is 4.98. The fraction of sp³-hybridized carbons (Fsp3) is 1.00. The van der Waals surface area contributed by atoms with E-state index in [1.54, 1.807) is 0 Å². The smallest absolute Gasteiger partial charge is 0.0700 e. The monoisotopic (exact) mass is 372 g/mol. The van der Waals surface area contributed by atoms with Crippen LogP contribution in [0.2, 0.25) is 0 Å². The maximum absolute atomic E-state index is 5.78. The van der Waals surface area contributed by atoms with Crippen LogP contribution in [0.15, 0.2) is 0 Å². The molecule has 0 bridgehead atoms. The van der Waals surface area contributed by atoms with Crippen LogP contribution in [0.1, 0.15) is 26.7 Å². The highest BCUT2D eigenvalue weighted by Gasteiger charge is 2.13. The van der Waals surface area contributed by atoms with E-state index < -0.39 is 0 Å². The van der Waals surface area contributed by atoms with Crippen molar-refractivity contribution < 1.29 is 18.9 Å². The van der Waals surface area contributed by atoms with Crippen LogP contribution < -0.4 is 0 Å². The summed E-state index contributed by atoms with van der Waals surface area (Å²) >= 11 is 0. The number of morpholine rings is 2. The van der Waals surface area contributed by atoms with Gasteiger partial charge in [0.1, 0.15) is 0 Å². The van der Waals surface area contributed by atoms with Crippen LogP contribution in [0.3, 0.4) is 0 Å². The van der Waals surface area contributed by atoms with Gasteiger partial charge in [0.05, 0.1) is 39.6 Å². The van der Waals surface area contributed by atoms with Crippen LogP contribution in [0, 0.1) is 11.8 Å². The minimum atomic E-state index is 0.602. The first-order chi connectivity index (χ1) is 12.7. The third-order valence-electron chi connectivity index (χ3n) is 5.26. The van der Waals surface area contributed by atoms with Gasteiger partial charge in [-0.15, -0.1) is 0 Å². The van der Waals surface area contributed by atoms with Crippen molar-refractivity contribution in [3.05, 3.63) is 0 Å². The summed E-state index contributed by atoms with van der Waals surface area (Å²) < 4.78 is 22.3. The van der Waals surface area contributed by atoms with Gasteiger partial charge in [0.25, 0.3) is 0 Å². The molecule has 26 heavy (non-hydrogen) atoms. The van der Waals surface area contributed by atoms with Gasteiger partial charge in [-0.1, -0.05) is 13.8 Å². The van der Waals surface area contributed by atoms with Crippen LogP contribution in [0.4, 0.5) is 0 Å². The number of hydrogen-bond acceptors (Lipinski definition) is 6. The van der Waals surface area contributed by atoms with Crippen molar-refractivity contribution in [1.29, 1.82) is 0 Å². The second-order valence-corrected chi connectivity index (χ2v) is 7.85. The van der Waals surface area contributed by atoms with E-state index in [9.17, 15) is 0 Å². The van der Waals surface area contributed by atoms with E-state index in [0.29, 0.717) is 25.0 Å². The van der Waals surface area contributed by atoms with Crippen molar-refractivity contribution in [2.24, 2.45) is 11.8 Å². The molecule has 2 aliphatic rings. The van der Waals surface area contributed by atoms with E-state index in [1.165, 1.54) is 12.8 Å². The molecule has 2 atom stereocenters. The molecule has 2 aliphatic heterocycles. The van der Waals surface area contributed by atoms with E-state index in [1.807, 2.05) is 0 Å². The Balaban J connectivity index is 1.36. The van der Waals surface area contributed by atoms with Crippen molar-refractivity contribution in [3.8, 4) is 0 Å². The van der Waals surface area contributed by atoms with Gasteiger partial charge in [0, 0.05) is 39.4 Å². The number of hydrogen-bond donors (Lipinski definition) is 0. The lowest BCUT2D eigenvalue weighted by molar-refractivity contribution is 0.0125. The Morgan fingerprint density at radius 2 is 1.08 bits per heavy atom. The molecule has 2 heterocycles. The fourth-order valence-electron chi connectivity index (χ4n) is 3.31. The molecular formula is C20H40N2O4. The first kappa shape index (κ1) is 22.1. The molecule has 0 aromatic carbocycles. The summed E-state index contributed by atoms with van der Waals surface area (Å²) in [7, 11) is 0. The van der Waals surface area contributed by atoms with Crippen molar-refractivity contribution in [2.75, 3.05) is 92.1 Å². The Morgan fingerprint density at radius 1 is 0.692 bits per heavy atom. The average molecular weight is 373 g/mol. The Bertz CT molecular complexity index is 302. The predicted molar refractivity (Wildman–Crippen MR) is 104 cm³/mol. The highest BCUT2D eigenvalue weighted by atomic mass is 16.5. The second kappa shape index (κ2) is 13.9. The van der Waals surface area contributed by atoms with Crippen LogP contribution >= 0.6 is 0 Å². The van der Waals surface area contributed by atoms with Crippen molar-refractivity contribution in [3.63, 3.8) is 0 Å². The first-order valence-corrected chi connectivity index (χ1v) is 10.5. The number of rotatable bonds is 13. The van der Waals surface area contributed by atoms with E-state index in [4.69, 9.17) is 18.9 Å². The maximum Gasteiger partial charge on any atom is 0.0700 e. The molecule has 0 saturated carbocycles. The van der Waals surface area contributed by atoms with Gasteiger partial charge < -0.3 is 18.9 Å². The van der Waals surface area contributed by atoms with Gasteiger partial charge in [-0.05, 0) is 37.8 Å². The standard InChI is InChI=1S/C20H40N2O4/c1-19(3-5-21-7-11-23-12-8-21)17-25-15-16-26-18-20(2)4-6-22-9-13-24-14-10-22/h19-20H,3-18H2,1-2H3. The van der Waals surface area contributed by atoms with E-state index in [0.717, 1.165) is 78.9 Å². The van der Waals surface area contributed by atoms with Crippen LogP contribution in [0.25, 0.3) is 0 Å². The molecule has 2 saturated heterocycles. The molecule has 154 valence electrons. The van der Waals surface area contributed by atoms with Crippen LogP contribution in [-0.4, -0.2) is 102 Å². The summed E-state index contributed by atoms with van der Waals surface area (Å²) in [6.45, 7) is 17.8. The zero-order chi connectivity index (χ0) is 18.5. The van der Waals surface area contributed by atoms with Crippen molar-refractivity contribution in [1.82, 2.24) is 9.80 Å². The van der Waals surface area contributed by atoms with E-state index >= 15 is 0 Å². The second-order valence-electron chi connectivity index (χ2n) is 7.85. The maximum atomic E-state index is 5.78. The summed E-state index contributed by atoms with van der Waals surface area (Å²) in [6.07, 6.45) is 2.39. The third-order valence-corrected chi connectivity index (χ3v) is 5.26. The van der Waals surface area contributed by atoms with E-state index in [-0.39, 0.29) is 0 Å². The lowest BCUT2D eigenvalue weighted by Gasteiger charge is -2.27. The molecular weight excluding hydrogens is 332 g/mol. The topological polar surface area (TPSA) is 43.4 Å². The molecule has 2 fully saturated rings. The molecule has 0 amide bonds. The van der Waals surface area contributed by atoms with Gasteiger partial charge in [-0.3, -0.25) is 9.80 Å². The Labute approximate surface area is 160 Å². The molecule has 0 aromatic rings. The summed E-state index contributed by atoms with van der Waals surface area (Å²) in [5, 5.41) is 0. The Kier molecular flexibility index (Phi) is 11.8. The third kappa shape index (κ3) is 10.2. The molecule has 0 N–H and O–H groups in total. The van der Waals surface area contributed by atoms with Crippen molar-refractivity contribution >= 4 is 0 Å². The van der Waals surface area contributed by atoms with E-state index in [2.05, 4.69) is 23.6 Å². The summed E-state index contributed by atoms with van der Waals surface area (Å²) in [5.74, 6) is 1.20. The molecule has 2 rings (SSSR count). The lowest BCUT2D eigenvalue weighted by Crippen LogP contribution is -2.37. The van der Waals surface area contributed by atoms with Gasteiger partial charge in [-0.25, -0.2) is 0 Å². The quantitative estimate of drug-likeness (QED) is 0.459. The number of ether oxygens (including phenoxy) is 4. The minimum Gasteiger partial charge on any atom is -0.379 e. The van der Waals surface area contributed by atoms with Crippen LogP contribution in [0.5, 0.6) is 0 Å². The van der Waals surface area contributed by atoms with Gasteiger partial charge in [0.15, 0.2) is 0 Å². The largest absolute Gasteiger partial charge is 0.379 e. The average Bonchev–Trinajstić information content (AvgIpc) is 2.69. The molecule has 6 nitrogen and oxygen atoms in total. The normalized spacial score (nSPS) is 22.4.